The van der Waals surface area contributed by atoms with E-state index >= 15 is 0 Å². The summed E-state index contributed by atoms with van der Waals surface area (Å²) < 4.78 is 25.2. The highest BCUT2D eigenvalue weighted by Crippen LogP contribution is 2.20. The van der Waals surface area contributed by atoms with Crippen LogP contribution in [0, 0.1) is 0 Å². The van der Waals surface area contributed by atoms with Gasteiger partial charge in [0, 0.05) is 30.5 Å². The average Bonchev–Trinajstić information content (AvgIpc) is 2.46. The van der Waals surface area contributed by atoms with Crippen molar-refractivity contribution in [3.63, 3.8) is 0 Å². The van der Waals surface area contributed by atoms with Crippen LogP contribution in [0.4, 0.5) is 8.78 Å². The smallest absolute Gasteiger partial charge is 0.263 e. The van der Waals surface area contributed by atoms with Crippen molar-refractivity contribution < 1.29 is 8.78 Å². The van der Waals surface area contributed by atoms with Gasteiger partial charge in [0.1, 0.15) is 0 Å². The van der Waals surface area contributed by atoms with Crippen LogP contribution in [0.2, 0.25) is 0 Å². The fourth-order valence-corrected chi connectivity index (χ4v) is 1.86. The summed E-state index contributed by atoms with van der Waals surface area (Å²) in [7, 11) is 0. The van der Waals surface area contributed by atoms with Gasteiger partial charge >= 0.3 is 0 Å². The molecule has 100 valence electrons. The van der Waals surface area contributed by atoms with Crippen LogP contribution in [-0.4, -0.2) is 4.98 Å². The maximum absolute atomic E-state index is 12.6. The van der Waals surface area contributed by atoms with E-state index in [0.717, 1.165) is 11.1 Å². The lowest BCUT2D eigenvalue weighted by atomic mass is 10.1. The zero-order chi connectivity index (χ0) is 13.7. The fourth-order valence-electron chi connectivity index (χ4n) is 1.86. The summed E-state index contributed by atoms with van der Waals surface area (Å²) in [5, 5.41) is 3.30. The number of hydrogen-bond acceptors (Lipinski definition) is 2. The lowest BCUT2D eigenvalue weighted by Gasteiger charge is -2.14. The molecule has 0 amide bonds. The Morgan fingerprint density at radius 1 is 1.16 bits per heavy atom. The molecule has 0 aliphatic rings. The normalized spacial score (nSPS) is 12.6. The van der Waals surface area contributed by atoms with E-state index in [1.165, 1.54) is 12.1 Å². The van der Waals surface area contributed by atoms with Crippen LogP contribution in [0.15, 0.2) is 48.8 Å². The number of aromatic nitrogens is 1. The minimum absolute atomic E-state index is 0.0633. The monoisotopic (exact) mass is 262 g/mol. The van der Waals surface area contributed by atoms with Crippen LogP contribution in [0.1, 0.15) is 36.1 Å². The summed E-state index contributed by atoms with van der Waals surface area (Å²) >= 11 is 0. The van der Waals surface area contributed by atoms with Crippen LogP contribution in [0.25, 0.3) is 0 Å². The summed E-state index contributed by atoms with van der Waals surface area (Å²) in [6.07, 6.45) is 1.10. The first kappa shape index (κ1) is 13.6. The standard InChI is InChI=1S/C15H16F2N2/c1-11(14-6-3-7-18-10-14)19-9-12-4-2-5-13(8-12)15(16)17/h2-8,10-11,15,19H,9H2,1H3/t11-/m1/s1. The van der Waals surface area contributed by atoms with E-state index in [4.69, 9.17) is 0 Å². The summed E-state index contributed by atoms with van der Waals surface area (Å²) in [4.78, 5) is 4.06. The third-order valence-corrected chi connectivity index (χ3v) is 3.00. The number of benzene rings is 1. The molecule has 2 rings (SSSR count). The first-order valence-electron chi connectivity index (χ1n) is 6.17. The van der Waals surface area contributed by atoms with Crippen molar-refractivity contribution >= 4 is 0 Å². The van der Waals surface area contributed by atoms with Crippen molar-refractivity contribution in [3.8, 4) is 0 Å². The first-order chi connectivity index (χ1) is 9.16. The van der Waals surface area contributed by atoms with Crippen LogP contribution in [0.3, 0.4) is 0 Å². The Balaban J connectivity index is 1.97. The fraction of sp³-hybridized carbons (Fsp3) is 0.267. The third kappa shape index (κ3) is 3.83. The molecule has 0 saturated carbocycles. The Kier molecular flexibility index (Phi) is 4.58. The highest BCUT2D eigenvalue weighted by Gasteiger charge is 2.08. The van der Waals surface area contributed by atoms with Crippen molar-refractivity contribution in [1.29, 1.82) is 0 Å². The van der Waals surface area contributed by atoms with E-state index < -0.39 is 6.43 Å². The zero-order valence-corrected chi connectivity index (χ0v) is 10.7. The van der Waals surface area contributed by atoms with Gasteiger partial charge in [-0.15, -0.1) is 0 Å². The maximum atomic E-state index is 12.6. The molecule has 4 heteroatoms. The number of hydrogen-bond donors (Lipinski definition) is 1. The van der Waals surface area contributed by atoms with Gasteiger partial charge in [-0.05, 0) is 30.2 Å². The molecule has 0 fully saturated rings. The Hall–Kier alpha value is -1.81. The molecule has 0 unspecified atom stereocenters. The third-order valence-electron chi connectivity index (χ3n) is 3.00. The number of nitrogens with zero attached hydrogens (tertiary/aromatic N) is 1. The molecule has 1 aromatic carbocycles. The van der Waals surface area contributed by atoms with Crippen molar-refractivity contribution in [2.45, 2.75) is 25.9 Å². The van der Waals surface area contributed by atoms with Gasteiger partial charge in [0.15, 0.2) is 0 Å². The second kappa shape index (κ2) is 6.38. The van der Waals surface area contributed by atoms with Crippen molar-refractivity contribution in [2.75, 3.05) is 0 Å². The molecular formula is C15H16F2N2. The van der Waals surface area contributed by atoms with E-state index in [0.29, 0.717) is 6.54 Å². The zero-order valence-electron chi connectivity index (χ0n) is 10.7. The molecule has 0 spiro atoms. The summed E-state index contributed by atoms with van der Waals surface area (Å²) in [6, 6.07) is 10.5. The van der Waals surface area contributed by atoms with Crippen molar-refractivity contribution in [2.24, 2.45) is 0 Å². The van der Waals surface area contributed by atoms with Gasteiger partial charge in [0.05, 0.1) is 0 Å². The minimum Gasteiger partial charge on any atom is -0.306 e. The Morgan fingerprint density at radius 3 is 2.63 bits per heavy atom. The van der Waals surface area contributed by atoms with Gasteiger partial charge in [0.25, 0.3) is 6.43 Å². The topological polar surface area (TPSA) is 24.9 Å². The molecule has 19 heavy (non-hydrogen) atoms. The maximum Gasteiger partial charge on any atom is 0.263 e. The molecule has 1 N–H and O–H groups in total. The molecular weight excluding hydrogens is 246 g/mol. The Labute approximate surface area is 111 Å². The van der Waals surface area contributed by atoms with Gasteiger partial charge in [-0.3, -0.25) is 4.98 Å². The predicted octanol–water partition coefficient (Wildman–Crippen LogP) is 3.87. The lowest BCUT2D eigenvalue weighted by Crippen LogP contribution is -2.18. The average molecular weight is 262 g/mol. The predicted molar refractivity (Wildman–Crippen MR) is 70.9 cm³/mol. The number of halogens is 2. The van der Waals surface area contributed by atoms with E-state index in [9.17, 15) is 8.78 Å². The van der Waals surface area contributed by atoms with Gasteiger partial charge in [-0.2, -0.15) is 0 Å². The summed E-state index contributed by atoms with van der Waals surface area (Å²) in [6.45, 7) is 2.57. The van der Waals surface area contributed by atoms with Crippen LogP contribution in [-0.2, 0) is 6.54 Å². The van der Waals surface area contributed by atoms with Gasteiger partial charge in [-0.25, -0.2) is 8.78 Å². The summed E-state index contributed by atoms with van der Waals surface area (Å²) in [5.74, 6) is 0. The Bertz CT molecular complexity index is 515. The van der Waals surface area contributed by atoms with E-state index in [1.54, 1.807) is 18.5 Å². The minimum atomic E-state index is -2.42. The Morgan fingerprint density at radius 2 is 1.95 bits per heavy atom. The molecule has 1 aromatic heterocycles. The van der Waals surface area contributed by atoms with Crippen LogP contribution in [0.5, 0.6) is 0 Å². The van der Waals surface area contributed by atoms with E-state index in [2.05, 4.69) is 10.3 Å². The first-order valence-corrected chi connectivity index (χ1v) is 6.17. The molecule has 0 saturated heterocycles. The lowest BCUT2D eigenvalue weighted by molar-refractivity contribution is 0.151. The van der Waals surface area contributed by atoms with Crippen LogP contribution >= 0.6 is 0 Å². The summed E-state index contributed by atoms with van der Waals surface area (Å²) in [5.41, 5.74) is 1.99. The molecule has 2 aromatic rings. The van der Waals surface area contributed by atoms with Gasteiger partial charge in [0.2, 0.25) is 0 Å². The van der Waals surface area contributed by atoms with E-state index in [1.807, 2.05) is 25.1 Å². The van der Waals surface area contributed by atoms with Gasteiger partial charge in [-0.1, -0.05) is 24.3 Å². The number of alkyl halides is 2. The molecule has 0 radical (unpaired) electrons. The van der Waals surface area contributed by atoms with Crippen LogP contribution < -0.4 is 5.32 Å². The molecule has 0 aliphatic heterocycles. The van der Waals surface area contributed by atoms with Crippen molar-refractivity contribution in [1.82, 2.24) is 10.3 Å². The number of nitrogens with one attached hydrogen (secondary N) is 1. The molecule has 0 bridgehead atoms. The van der Waals surface area contributed by atoms with Crippen molar-refractivity contribution in [3.05, 3.63) is 65.5 Å². The second-order valence-corrected chi connectivity index (χ2v) is 4.43. The van der Waals surface area contributed by atoms with E-state index in [-0.39, 0.29) is 11.6 Å². The largest absolute Gasteiger partial charge is 0.306 e. The van der Waals surface area contributed by atoms with Gasteiger partial charge < -0.3 is 5.32 Å². The molecule has 1 heterocycles. The number of rotatable bonds is 5. The highest BCUT2D eigenvalue weighted by molar-refractivity contribution is 5.24. The molecule has 1 atom stereocenters. The SMILES string of the molecule is C[C@@H](NCc1cccc(C(F)F)c1)c1cccnc1. The highest BCUT2D eigenvalue weighted by atomic mass is 19.3. The number of pyridine rings is 1. The second-order valence-electron chi connectivity index (χ2n) is 4.43. The molecule has 0 aliphatic carbocycles. The molecule has 2 nitrogen and oxygen atoms in total. The quantitative estimate of drug-likeness (QED) is 0.884.